The van der Waals surface area contributed by atoms with E-state index in [1.807, 2.05) is 42.5 Å². The number of nitrogens with zero attached hydrogens (tertiary/aromatic N) is 2. The Bertz CT molecular complexity index is 1280. The van der Waals surface area contributed by atoms with Crippen LogP contribution in [0, 0.1) is 5.41 Å². The molecule has 7 nitrogen and oxygen atoms in total. The highest BCUT2D eigenvalue weighted by atomic mass is 16.2. The van der Waals surface area contributed by atoms with E-state index in [4.69, 9.17) is 11.1 Å². The summed E-state index contributed by atoms with van der Waals surface area (Å²) in [6, 6.07) is 21.7. The first kappa shape index (κ1) is 21.7. The molecule has 164 valence electrons. The van der Waals surface area contributed by atoms with Gasteiger partial charge >= 0.3 is 0 Å². The summed E-state index contributed by atoms with van der Waals surface area (Å²) in [7, 11) is 0. The van der Waals surface area contributed by atoms with Crippen molar-refractivity contribution in [2.45, 2.75) is 13.5 Å². The Kier molecular flexibility index (Phi) is 6.13. The van der Waals surface area contributed by atoms with Gasteiger partial charge in [-0.2, -0.15) is 0 Å². The minimum atomic E-state index is -0.289. The van der Waals surface area contributed by atoms with Gasteiger partial charge in [0.2, 0.25) is 0 Å². The summed E-state index contributed by atoms with van der Waals surface area (Å²) in [6.07, 6.45) is 3.66. The summed E-state index contributed by atoms with van der Waals surface area (Å²) in [4.78, 5) is 31.6. The molecule has 0 unspecified atom stereocenters. The maximum atomic E-state index is 12.8. The van der Waals surface area contributed by atoms with E-state index in [1.165, 1.54) is 0 Å². The summed E-state index contributed by atoms with van der Waals surface area (Å²) in [5.74, 6) is -0.513. The third-order valence-electron chi connectivity index (χ3n) is 5.25. The molecule has 3 aromatic carbocycles. The molecule has 1 aliphatic heterocycles. The molecule has 3 aromatic rings. The molecule has 7 heteroatoms. The van der Waals surface area contributed by atoms with Crippen LogP contribution in [0.3, 0.4) is 0 Å². The van der Waals surface area contributed by atoms with Crippen molar-refractivity contribution in [1.82, 2.24) is 4.90 Å². The maximum absolute atomic E-state index is 12.8. The molecular formula is C26H23N5O2. The van der Waals surface area contributed by atoms with Crippen LogP contribution in [-0.2, 0) is 11.3 Å². The molecule has 0 aliphatic carbocycles. The summed E-state index contributed by atoms with van der Waals surface area (Å²) in [5, 5.41) is 10.3. The van der Waals surface area contributed by atoms with Crippen LogP contribution >= 0.6 is 0 Å². The van der Waals surface area contributed by atoms with Crippen LogP contribution in [0.5, 0.6) is 0 Å². The van der Waals surface area contributed by atoms with E-state index in [-0.39, 0.29) is 17.6 Å². The Labute approximate surface area is 191 Å². The molecule has 0 saturated heterocycles. The summed E-state index contributed by atoms with van der Waals surface area (Å²) >= 11 is 0. The number of rotatable bonds is 5. The zero-order valence-electron chi connectivity index (χ0n) is 18.1. The Morgan fingerprint density at radius 1 is 1.06 bits per heavy atom. The predicted octanol–water partition coefficient (Wildman–Crippen LogP) is 4.33. The molecule has 1 heterocycles. The number of fused-ring (bicyclic) bond motifs is 1. The Hall–Kier alpha value is -4.52. The van der Waals surface area contributed by atoms with Crippen LogP contribution in [0.4, 0.5) is 11.4 Å². The lowest BCUT2D eigenvalue weighted by molar-refractivity contribution is -0.122. The van der Waals surface area contributed by atoms with E-state index in [0.29, 0.717) is 34.8 Å². The van der Waals surface area contributed by atoms with Gasteiger partial charge in [-0.25, -0.2) is 4.99 Å². The number of nitrogen functional groups attached to an aromatic ring is 1. The van der Waals surface area contributed by atoms with E-state index in [0.717, 1.165) is 11.1 Å². The molecule has 0 aromatic heterocycles. The number of amidine groups is 1. The van der Waals surface area contributed by atoms with Crippen molar-refractivity contribution < 1.29 is 9.59 Å². The average Bonchev–Trinajstić information content (AvgIpc) is 2.94. The minimum absolute atomic E-state index is 0.0526. The molecule has 0 fully saturated rings. The molecule has 4 N–H and O–H groups in total. The fraction of sp³-hybridized carbons (Fsp3) is 0.0769. The Balaban J connectivity index is 1.53. The fourth-order valence-electron chi connectivity index (χ4n) is 3.44. The first-order chi connectivity index (χ1) is 15.9. The van der Waals surface area contributed by atoms with E-state index in [2.05, 4.69) is 10.3 Å². The highest BCUT2D eigenvalue weighted by Gasteiger charge is 2.21. The second-order valence-corrected chi connectivity index (χ2v) is 7.65. The van der Waals surface area contributed by atoms with Crippen molar-refractivity contribution in [2.75, 3.05) is 5.32 Å². The third kappa shape index (κ3) is 5.04. The molecule has 1 aliphatic rings. The first-order valence-electron chi connectivity index (χ1n) is 10.4. The lowest BCUT2D eigenvalue weighted by Gasteiger charge is -2.16. The van der Waals surface area contributed by atoms with Gasteiger partial charge in [0.1, 0.15) is 11.5 Å². The van der Waals surface area contributed by atoms with Gasteiger partial charge in [0.15, 0.2) is 0 Å². The summed E-state index contributed by atoms with van der Waals surface area (Å²) in [6.45, 7) is 2.06. The van der Waals surface area contributed by atoms with Crippen molar-refractivity contribution in [3.63, 3.8) is 0 Å². The SMILES string of the molecule is CC1=Nc2cc(NC(=O)c3ccc(C(=N)N)cc3)ccc2CN(C=Cc2ccccc2)C1=O. The van der Waals surface area contributed by atoms with Gasteiger partial charge in [0.25, 0.3) is 11.8 Å². The number of amides is 2. The fourth-order valence-corrected chi connectivity index (χ4v) is 3.44. The highest BCUT2D eigenvalue weighted by molar-refractivity contribution is 6.38. The van der Waals surface area contributed by atoms with E-state index < -0.39 is 0 Å². The van der Waals surface area contributed by atoms with Crippen molar-refractivity contribution in [1.29, 1.82) is 5.41 Å². The average molecular weight is 438 g/mol. The second-order valence-electron chi connectivity index (χ2n) is 7.65. The molecular weight excluding hydrogens is 414 g/mol. The van der Waals surface area contributed by atoms with Crippen LogP contribution in [0.25, 0.3) is 6.08 Å². The predicted molar refractivity (Wildman–Crippen MR) is 131 cm³/mol. The van der Waals surface area contributed by atoms with Gasteiger partial charge in [-0.3, -0.25) is 15.0 Å². The maximum Gasteiger partial charge on any atom is 0.272 e. The quantitative estimate of drug-likeness (QED) is 0.408. The number of hydrogen-bond donors (Lipinski definition) is 3. The van der Waals surface area contributed by atoms with Crippen molar-refractivity contribution in [2.24, 2.45) is 10.7 Å². The van der Waals surface area contributed by atoms with Gasteiger partial charge < -0.3 is 16.0 Å². The summed E-state index contributed by atoms with van der Waals surface area (Å²) < 4.78 is 0. The molecule has 0 spiro atoms. The molecule has 33 heavy (non-hydrogen) atoms. The molecule has 4 rings (SSSR count). The number of nitrogens with two attached hydrogens (primary N) is 1. The van der Waals surface area contributed by atoms with Crippen LogP contribution < -0.4 is 11.1 Å². The minimum Gasteiger partial charge on any atom is -0.384 e. The van der Waals surface area contributed by atoms with Crippen LogP contribution in [0.1, 0.15) is 34.0 Å². The highest BCUT2D eigenvalue weighted by Crippen LogP contribution is 2.28. The van der Waals surface area contributed by atoms with Gasteiger partial charge in [-0.15, -0.1) is 0 Å². The van der Waals surface area contributed by atoms with Crippen LogP contribution in [0.15, 0.2) is 84.0 Å². The standard InChI is InChI=1S/C26H23N5O2/c1-17-26(33)31(14-13-18-5-3-2-4-6-18)16-21-11-12-22(15-23(21)29-17)30-25(32)20-9-7-19(8-10-20)24(27)28/h2-15H,16H2,1H3,(H3,27,28)(H,30,32). The third-order valence-corrected chi connectivity index (χ3v) is 5.25. The number of carbonyl (C=O) groups is 2. The van der Waals surface area contributed by atoms with E-state index in [9.17, 15) is 9.59 Å². The normalized spacial score (nSPS) is 13.3. The number of hydrogen-bond acceptors (Lipinski definition) is 4. The van der Waals surface area contributed by atoms with Crippen LogP contribution in [0.2, 0.25) is 0 Å². The number of nitrogens with one attached hydrogen (secondary N) is 2. The van der Waals surface area contributed by atoms with Crippen molar-refractivity contribution in [3.05, 3.63) is 101 Å². The smallest absolute Gasteiger partial charge is 0.272 e. The topological polar surface area (TPSA) is 112 Å². The van der Waals surface area contributed by atoms with E-state index >= 15 is 0 Å². The lowest BCUT2D eigenvalue weighted by atomic mass is 10.1. The van der Waals surface area contributed by atoms with Crippen molar-refractivity contribution >= 4 is 40.8 Å². The number of benzene rings is 3. The van der Waals surface area contributed by atoms with Gasteiger partial charge in [0.05, 0.1) is 12.2 Å². The van der Waals surface area contributed by atoms with Gasteiger partial charge in [0, 0.05) is 23.0 Å². The van der Waals surface area contributed by atoms with Crippen molar-refractivity contribution in [3.8, 4) is 0 Å². The second kappa shape index (κ2) is 9.32. The van der Waals surface area contributed by atoms with Crippen LogP contribution in [-0.4, -0.2) is 28.3 Å². The monoisotopic (exact) mass is 437 g/mol. The molecule has 0 saturated carbocycles. The Morgan fingerprint density at radius 2 is 1.76 bits per heavy atom. The molecule has 0 atom stereocenters. The molecule has 2 amide bonds. The molecule has 0 radical (unpaired) electrons. The first-order valence-corrected chi connectivity index (χ1v) is 10.4. The zero-order chi connectivity index (χ0) is 23.4. The van der Waals surface area contributed by atoms with Gasteiger partial charge in [-0.05, 0) is 48.4 Å². The van der Waals surface area contributed by atoms with Gasteiger partial charge in [-0.1, -0.05) is 48.5 Å². The number of anilines is 1. The number of carbonyl (C=O) groups excluding carboxylic acids is 2. The summed E-state index contributed by atoms with van der Waals surface area (Å²) in [5.41, 5.74) is 9.92. The largest absolute Gasteiger partial charge is 0.384 e. The Morgan fingerprint density at radius 3 is 2.45 bits per heavy atom. The van der Waals surface area contributed by atoms with E-state index in [1.54, 1.807) is 54.4 Å². The lowest BCUT2D eigenvalue weighted by Crippen LogP contribution is -2.29. The zero-order valence-corrected chi connectivity index (χ0v) is 18.1. The molecule has 0 bridgehead atoms. The number of aliphatic imine (C=N–C) groups is 1.